The Morgan fingerprint density at radius 3 is 2.54 bits per heavy atom. The second-order valence-corrected chi connectivity index (χ2v) is 6.08. The van der Waals surface area contributed by atoms with E-state index in [9.17, 15) is 4.79 Å². The van der Waals surface area contributed by atoms with E-state index in [0.29, 0.717) is 27.8 Å². The molecular formula is C20H18ClN3O2. The van der Waals surface area contributed by atoms with Crippen molar-refractivity contribution in [2.45, 2.75) is 6.92 Å². The lowest BCUT2D eigenvalue weighted by molar-refractivity contribution is 0.102. The summed E-state index contributed by atoms with van der Waals surface area (Å²) >= 11 is 6.13. The zero-order valence-corrected chi connectivity index (χ0v) is 15.2. The number of halogens is 1. The molecule has 1 amide bonds. The second-order valence-electron chi connectivity index (χ2n) is 5.68. The fraction of sp³-hybridized carbons (Fsp3) is 0.100. The van der Waals surface area contributed by atoms with Gasteiger partial charge >= 0.3 is 0 Å². The highest BCUT2D eigenvalue weighted by Gasteiger charge is 2.11. The highest BCUT2D eigenvalue weighted by molar-refractivity contribution is 6.31. The SMILES string of the molecule is COc1ccccc1C(=O)Nc1ccc(Nc2ccc(C)c(Cl)c2)nc1. The van der Waals surface area contributed by atoms with E-state index in [-0.39, 0.29) is 5.91 Å². The van der Waals surface area contributed by atoms with Gasteiger partial charge in [-0.25, -0.2) is 4.98 Å². The highest BCUT2D eigenvalue weighted by atomic mass is 35.5. The van der Waals surface area contributed by atoms with Crippen LogP contribution in [0, 0.1) is 6.92 Å². The molecule has 0 saturated heterocycles. The van der Waals surface area contributed by atoms with Gasteiger partial charge in [-0.2, -0.15) is 0 Å². The number of aryl methyl sites for hydroxylation is 1. The van der Waals surface area contributed by atoms with Crippen LogP contribution in [0.5, 0.6) is 5.75 Å². The van der Waals surface area contributed by atoms with Gasteiger partial charge in [0.2, 0.25) is 0 Å². The van der Waals surface area contributed by atoms with Crippen LogP contribution >= 0.6 is 11.6 Å². The molecule has 0 saturated carbocycles. The third-order valence-corrected chi connectivity index (χ3v) is 4.22. The van der Waals surface area contributed by atoms with Gasteiger partial charge in [0.15, 0.2) is 0 Å². The summed E-state index contributed by atoms with van der Waals surface area (Å²) in [4.78, 5) is 16.7. The van der Waals surface area contributed by atoms with Gasteiger partial charge in [-0.3, -0.25) is 4.79 Å². The molecule has 1 heterocycles. The van der Waals surface area contributed by atoms with Crippen molar-refractivity contribution in [3.63, 3.8) is 0 Å². The van der Waals surface area contributed by atoms with Crippen molar-refractivity contribution in [1.29, 1.82) is 0 Å². The normalized spacial score (nSPS) is 10.3. The number of rotatable bonds is 5. The largest absolute Gasteiger partial charge is 0.496 e. The number of ether oxygens (including phenoxy) is 1. The quantitative estimate of drug-likeness (QED) is 0.662. The Morgan fingerprint density at radius 2 is 1.85 bits per heavy atom. The lowest BCUT2D eigenvalue weighted by atomic mass is 10.2. The van der Waals surface area contributed by atoms with Gasteiger partial charge in [0.1, 0.15) is 11.6 Å². The van der Waals surface area contributed by atoms with Crippen molar-refractivity contribution in [3.05, 3.63) is 76.9 Å². The number of benzene rings is 2. The molecule has 6 heteroatoms. The van der Waals surface area contributed by atoms with Crippen LogP contribution in [0.3, 0.4) is 0 Å². The molecule has 0 aliphatic rings. The molecular weight excluding hydrogens is 350 g/mol. The first-order valence-corrected chi connectivity index (χ1v) is 8.38. The third-order valence-electron chi connectivity index (χ3n) is 3.82. The van der Waals surface area contributed by atoms with Crippen LogP contribution in [-0.4, -0.2) is 18.0 Å². The van der Waals surface area contributed by atoms with Gasteiger partial charge in [-0.05, 0) is 48.9 Å². The van der Waals surface area contributed by atoms with E-state index in [2.05, 4.69) is 15.6 Å². The van der Waals surface area contributed by atoms with Crippen LogP contribution in [0.4, 0.5) is 17.2 Å². The molecule has 0 unspecified atom stereocenters. The first-order valence-electron chi connectivity index (χ1n) is 8.00. The topological polar surface area (TPSA) is 63.2 Å². The van der Waals surface area contributed by atoms with Gasteiger partial charge in [-0.1, -0.05) is 29.8 Å². The molecule has 3 aromatic rings. The number of carbonyl (C=O) groups is 1. The van der Waals surface area contributed by atoms with Crippen LogP contribution in [0.15, 0.2) is 60.8 Å². The summed E-state index contributed by atoms with van der Waals surface area (Å²) in [6.45, 7) is 1.95. The Morgan fingerprint density at radius 1 is 1.08 bits per heavy atom. The molecule has 0 radical (unpaired) electrons. The Balaban J connectivity index is 1.69. The number of anilines is 3. The minimum absolute atomic E-state index is 0.254. The molecule has 2 aromatic carbocycles. The smallest absolute Gasteiger partial charge is 0.259 e. The number of hydrogen-bond acceptors (Lipinski definition) is 4. The Kier molecular flexibility index (Phi) is 5.39. The zero-order chi connectivity index (χ0) is 18.5. The monoisotopic (exact) mass is 367 g/mol. The molecule has 1 aromatic heterocycles. The Hall–Kier alpha value is -3.05. The number of para-hydroxylation sites is 1. The third kappa shape index (κ3) is 4.13. The van der Waals surface area contributed by atoms with E-state index in [4.69, 9.17) is 16.3 Å². The Labute approximate surface area is 157 Å². The van der Waals surface area contributed by atoms with E-state index in [1.807, 2.05) is 31.2 Å². The summed E-state index contributed by atoms with van der Waals surface area (Å²) in [5.74, 6) is 0.919. The number of hydrogen-bond donors (Lipinski definition) is 2. The molecule has 0 fully saturated rings. The average molecular weight is 368 g/mol. The van der Waals surface area contributed by atoms with Crippen molar-refractivity contribution in [2.24, 2.45) is 0 Å². The summed E-state index contributed by atoms with van der Waals surface area (Å²) < 4.78 is 5.21. The number of aromatic nitrogens is 1. The predicted molar refractivity (Wildman–Crippen MR) is 105 cm³/mol. The fourth-order valence-electron chi connectivity index (χ4n) is 2.39. The number of nitrogens with one attached hydrogen (secondary N) is 2. The standard InChI is InChI=1S/C20H18ClN3O2/c1-13-7-8-14(11-17(13)21)23-19-10-9-15(12-22-19)24-20(25)16-5-3-4-6-18(16)26-2/h3-12H,1-2H3,(H,22,23)(H,24,25). The molecule has 0 atom stereocenters. The molecule has 3 rings (SSSR count). The predicted octanol–water partition coefficient (Wildman–Crippen LogP) is 5.05. The van der Waals surface area contributed by atoms with E-state index < -0.39 is 0 Å². The minimum Gasteiger partial charge on any atom is -0.496 e. The molecule has 132 valence electrons. The maximum Gasteiger partial charge on any atom is 0.259 e. The van der Waals surface area contributed by atoms with Crippen LogP contribution in [0.1, 0.15) is 15.9 Å². The lowest BCUT2D eigenvalue weighted by Crippen LogP contribution is -2.13. The fourth-order valence-corrected chi connectivity index (χ4v) is 2.57. The van der Waals surface area contributed by atoms with E-state index >= 15 is 0 Å². The van der Waals surface area contributed by atoms with Gasteiger partial charge in [-0.15, -0.1) is 0 Å². The molecule has 0 aliphatic carbocycles. The van der Waals surface area contributed by atoms with Crippen molar-refractivity contribution in [3.8, 4) is 5.75 Å². The van der Waals surface area contributed by atoms with Crippen molar-refractivity contribution < 1.29 is 9.53 Å². The number of pyridine rings is 1. The van der Waals surface area contributed by atoms with Crippen LogP contribution < -0.4 is 15.4 Å². The number of nitrogens with zero attached hydrogens (tertiary/aromatic N) is 1. The van der Waals surface area contributed by atoms with Gasteiger partial charge in [0.05, 0.1) is 24.6 Å². The summed E-state index contributed by atoms with van der Waals surface area (Å²) in [7, 11) is 1.53. The summed E-state index contributed by atoms with van der Waals surface area (Å²) in [5, 5.41) is 6.67. The molecule has 26 heavy (non-hydrogen) atoms. The van der Waals surface area contributed by atoms with Gasteiger partial charge in [0.25, 0.3) is 5.91 Å². The molecule has 2 N–H and O–H groups in total. The lowest BCUT2D eigenvalue weighted by Gasteiger charge is -2.10. The molecule has 0 aliphatic heterocycles. The van der Waals surface area contributed by atoms with Gasteiger partial charge in [0, 0.05) is 10.7 Å². The molecule has 0 spiro atoms. The van der Waals surface area contributed by atoms with E-state index in [1.54, 1.807) is 36.5 Å². The average Bonchev–Trinajstić information content (AvgIpc) is 2.66. The van der Waals surface area contributed by atoms with Crippen molar-refractivity contribution >= 4 is 34.7 Å². The summed E-state index contributed by atoms with van der Waals surface area (Å²) in [6.07, 6.45) is 1.59. The second kappa shape index (κ2) is 7.89. The first kappa shape index (κ1) is 17.8. The molecule has 5 nitrogen and oxygen atoms in total. The molecule has 0 bridgehead atoms. The van der Waals surface area contributed by atoms with Crippen LogP contribution in [0.2, 0.25) is 5.02 Å². The van der Waals surface area contributed by atoms with Crippen molar-refractivity contribution in [2.75, 3.05) is 17.7 Å². The first-order chi connectivity index (χ1) is 12.6. The number of methoxy groups -OCH3 is 1. The van der Waals surface area contributed by atoms with Gasteiger partial charge < -0.3 is 15.4 Å². The summed E-state index contributed by atoms with van der Waals surface area (Å²) in [5.41, 5.74) is 2.92. The Bertz CT molecular complexity index is 927. The maximum atomic E-state index is 12.4. The maximum absolute atomic E-state index is 12.4. The number of amides is 1. The van der Waals surface area contributed by atoms with E-state index in [1.165, 1.54) is 7.11 Å². The van der Waals surface area contributed by atoms with Crippen molar-refractivity contribution in [1.82, 2.24) is 4.98 Å². The van der Waals surface area contributed by atoms with Crippen LogP contribution in [-0.2, 0) is 0 Å². The summed E-state index contributed by atoms with van der Waals surface area (Å²) in [6, 6.07) is 16.3. The number of carbonyl (C=O) groups excluding carboxylic acids is 1. The zero-order valence-electron chi connectivity index (χ0n) is 14.4. The van der Waals surface area contributed by atoms with E-state index in [0.717, 1.165) is 11.3 Å². The van der Waals surface area contributed by atoms with Crippen LogP contribution in [0.25, 0.3) is 0 Å². The minimum atomic E-state index is -0.254. The highest BCUT2D eigenvalue weighted by Crippen LogP contribution is 2.23.